The van der Waals surface area contributed by atoms with Crippen molar-refractivity contribution in [3.63, 3.8) is 0 Å². The number of benzene rings is 2. The molecule has 0 aliphatic heterocycles. The first-order chi connectivity index (χ1) is 13.9. The minimum atomic E-state index is -3.28. The van der Waals surface area contributed by atoms with Crippen molar-refractivity contribution in [3.8, 4) is 22.3 Å². The molecule has 2 aromatic carbocycles. The molecule has 7 heteroatoms. The summed E-state index contributed by atoms with van der Waals surface area (Å²) in [6, 6.07) is 18.1. The van der Waals surface area contributed by atoms with E-state index in [-0.39, 0.29) is 10.5 Å². The van der Waals surface area contributed by atoms with Gasteiger partial charge in [-0.1, -0.05) is 42.5 Å². The Hall–Kier alpha value is -3.03. The van der Waals surface area contributed by atoms with Crippen LogP contribution >= 0.6 is 11.3 Å². The Bertz CT molecular complexity index is 1290. The van der Waals surface area contributed by atoms with Crippen LogP contribution in [0.1, 0.15) is 5.56 Å². The molecular weight excluding hydrogens is 404 g/mol. The van der Waals surface area contributed by atoms with Crippen molar-refractivity contribution >= 4 is 21.2 Å². The fraction of sp³-hybridized carbons (Fsp3) is 0.0909. The molecule has 0 spiro atoms. The molecule has 4 aromatic rings. The molecule has 0 amide bonds. The number of rotatable bonds is 5. The van der Waals surface area contributed by atoms with E-state index in [0.29, 0.717) is 17.7 Å². The highest BCUT2D eigenvalue weighted by molar-refractivity contribution is 7.90. The van der Waals surface area contributed by atoms with Crippen LogP contribution in [0.4, 0.5) is 0 Å². The minimum absolute atomic E-state index is 0.183. The monoisotopic (exact) mass is 422 g/mol. The van der Waals surface area contributed by atoms with E-state index in [2.05, 4.69) is 5.10 Å². The molecule has 0 radical (unpaired) electrons. The molecule has 4 rings (SSSR count). The molecule has 0 N–H and O–H groups in total. The van der Waals surface area contributed by atoms with Crippen molar-refractivity contribution in [2.75, 3.05) is 6.26 Å². The third-order valence-corrected chi connectivity index (χ3v) is 6.43. The zero-order valence-electron chi connectivity index (χ0n) is 15.6. The van der Waals surface area contributed by atoms with E-state index in [0.717, 1.165) is 16.7 Å². The van der Waals surface area contributed by atoms with Crippen LogP contribution in [0, 0.1) is 0 Å². The summed E-state index contributed by atoms with van der Waals surface area (Å²) in [7, 11) is -3.28. The molecule has 0 aliphatic rings. The number of nitrogens with zero attached hydrogens (tertiary/aromatic N) is 2. The van der Waals surface area contributed by atoms with Crippen LogP contribution < -0.4 is 5.56 Å². The topological polar surface area (TPSA) is 69.0 Å². The quantitative estimate of drug-likeness (QED) is 0.486. The molecule has 0 unspecified atom stereocenters. The van der Waals surface area contributed by atoms with E-state index in [1.54, 1.807) is 30.5 Å². The Morgan fingerprint density at radius 2 is 1.69 bits per heavy atom. The molecule has 2 aromatic heterocycles. The Kier molecular flexibility index (Phi) is 5.17. The zero-order chi connectivity index (χ0) is 20.4. The number of sulfone groups is 1. The maximum atomic E-state index is 13.3. The van der Waals surface area contributed by atoms with Gasteiger partial charge in [0.1, 0.15) is 0 Å². The highest BCUT2D eigenvalue weighted by Gasteiger charge is 2.16. The third kappa shape index (κ3) is 4.06. The molecule has 0 fully saturated rings. The summed E-state index contributed by atoms with van der Waals surface area (Å²) in [4.78, 5) is 13.5. The van der Waals surface area contributed by atoms with Gasteiger partial charge in [0.15, 0.2) is 9.84 Å². The third-order valence-electron chi connectivity index (χ3n) is 4.62. The lowest BCUT2D eigenvalue weighted by Crippen LogP contribution is -2.25. The van der Waals surface area contributed by atoms with Crippen LogP contribution in [-0.2, 0) is 16.4 Å². The maximum absolute atomic E-state index is 13.3. The smallest absolute Gasteiger partial charge is 0.267 e. The van der Waals surface area contributed by atoms with Crippen LogP contribution in [0.15, 0.2) is 87.3 Å². The molecular formula is C22H18N2O3S2. The van der Waals surface area contributed by atoms with E-state index < -0.39 is 9.84 Å². The fourth-order valence-electron chi connectivity index (χ4n) is 3.14. The second kappa shape index (κ2) is 7.77. The van der Waals surface area contributed by atoms with Crippen LogP contribution in [0.25, 0.3) is 22.3 Å². The van der Waals surface area contributed by atoms with Crippen molar-refractivity contribution < 1.29 is 8.42 Å². The standard InChI is InChI=1S/C22H18N2O3S2/c1-29(26,27)19-9-7-17(8-10-19)20-13-23-24(14-16-5-3-2-4-6-16)22(25)21(20)18-11-12-28-15-18/h2-13,15H,14H2,1H3. The number of hydrogen-bond donors (Lipinski definition) is 0. The molecule has 2 heterocycles. The Morgan fingerprint density at radius 1 is 0.966 bits per heavy atom. The van der Waals surface area contributed by atoms with Crippen molar-refractivity contribution in [2.45, 2.75) is 11.4 Å². The van der Waals surface area contributed by atoms with E-state index in [1.807, 2.05) is 47.2 Å². The Morgan fingerprint density at radius 3 is 2.31 bits per heavy atom. The first kappa shape index (κ1) is 19.3. The summed E-state index contributed by atoms with van der Waals surface area (Å²) in [5.41, 5.74) is 3.61. The van der Waals surface area contributed by atoms with E-state index in [4.69, 9.17) is 0 Å². The molecule has 29 heavy (non-hydrogen) atoms. The highest BCUT2D eigenvalue weighted by atomic mass is 32.2. The Labute approximate surface area is 172 Å². The van der Waals surface area contributed by atoms with E-state index in [1.165, 1.54) is 22.3 Å². The first-order valence-electron chi connectivity index (χ1n) is 8.90. The van der Waals surface area contributed by atoms with Gasteiger partial charge in [0.2, 0.25) is 0 Å². The predicted molar refractivity (Wildman–Crippen MR) is 116 cm³/mol. The average molecular weight is 423 g/mol. The van der Waals surface area contributed by atoms with Gasteiger partial charge in [-0.05, 0) is 45.6 Å². The number of hydrogen-bond acceptors (Lipinski definition) is 5. The van der Waals surface area contributed by atoms with Gasteiger partial charge >= 0.3 is 0 Å². The van der Waals surface area contributed by atoms with Gasteiger partial charge in [0.25, 0.3) is 5.56 Å². The molecule has 5 nitrogen and oxygen atoms in total. The van der Waals surface area contributed by atoms with Crippen LogP contribution in [0.3, 0.4) is 0 Å². The van der Waals surface area contributed by atoms with Crippen LogP contribution in [-0.4, -0.2) is 24.5 Å². The van der Waals surface area contributed by atoms with Gasteiger partial charge in [0, 0.05) is 11.8 Å². The second-order valence-electron chi connectivity index (χ2n) is 6.69. The average Bonchev–Trinajstić information content (AvgIpc) is 3.24. The van der Waals surface area contributed by atoms with Gasteiger partial charge in [-0.15, -0.1) is 0 Å². The van der Waals surface area contributed by atoms with E-state index in [9.17, 15) is 13.2 Å². The highest BCUT2D eigenvalue weighted by Crippen LogP contribution is 2.30. The van der Waals surface area contributed by atoms with E-state index >= 15 is 0 Å². The molecule has 0 aliphatic carbocycles. The Balaban J connectivity index is 1.84. The van der Waals surface area contributed by atoms with Crippen LogP contribution in [0.5, 0.6) is 0 Å². The van der Waals surface area contributed by atoms with Crippen molar-refractivity contribution in [1.82, 2.24) is 9.78 Å². The lowest BCUT2D eigenvalue weighted by Gasteiger charge is -2.12. The molecule has 0 bridgehead atoms. The SMILES string of the molecule is CS(=O)(=O)c1ccc(-c2cnn(Cc3ccccc3)c(=O)c2-c2ccsc2)cc1. The largest absolute Gasteiger partial charge is 0.275 e. The fourth-order valence-corrected chi connectivity index (χ4v) is 4.42. The maximum Gasteiger partial charge on any atom is 0.275 e. The number of thiophene rings is 1. The second-order valence-corrected chi connectivity index (χ2v) is 9.49. The first-order valence-corrected chi connectivity index (χ1v) is 11.7. The normalized spacial score (nSPS) is 11.5. The summed E-state index contributed by atoms with van der Waals surface area (Å²) in [6.45, 7) is 0.379. The lowest BCUT2D eigenvalue weighted by atomic mass is 9.99. The van der Waals surface area contributed by atoms with Crippen LogP contribution in [0.2, 0.25) is 0 Å². The molecule has 0 saturated heterocycles. The van der Waals surface area contributed by atoms with Crippen molar-refractivity contribution in [1.29, 1.82) is 0 Å². The van der Waals surface area contributed by atoms with Gasteiger partial charge in [-0.25, -0.2) is 13.1 Å². The molecule has 0 saturated carbocycles. The molecule has 146 valence electrons. The minimum Gasteiger partial charge on any atom is -0.267 e. The lowest BCUT2D eigenvalue weighted by molar-refractivity contribution is 0.602. The summed E-state index contributed by atoms with van der Waals surface area (Å²) in [5, 5.41) is 8.23. The van der Waals surface area contributed by atoms with Gasteiger partial charge < -0.3 is 0 Å². The predicted octanol–water partition coefficient (Wildman–Crippen LogP) is 4.09. The van der Waals surface area contributed by atoms with Crippen molar-refractivity contribution in [2.24, 2.45) is 0 Å². The van der Waals surface area contributed by atoms with Gasteiger partial charge in [-0.2, -0.15) is 16.4 Å². The summed E-state index contributed by atoms with van der Waals surface area (Å²) in [5.74, 6) is 0. The summed E-state index contributed by atoms with van der Waals surface area (Å²) >= 11 is 1.51. The van der Waals surface area contributed by atoms with Crippen molar-refractivity contribution in [3.05, 3.63) is 93.5 Å². The van der Waals surface area contributed by atoms with Gasteiger partial charge in [0.05, 0.1) is 23.2 Å². The van der Waals surface area contributed by atoms with Gasteiger partial charge in [-0.3, -0.25) is 4.79 Å². The number of aromatic nitrogens is 2. The summed E-state index contributed by atoms with van der Waals surface area (Å²) < 4.78 is 24.9. The molecule has 0 atom stereocenters. The zero-order valence-corrected chi connectivity index (χ0v) is 17.3. The summed E-state index contributed by atoms with van der Waals surface area (Å²) in [6.07, 6.45) is 2.85.